The van der Waals surface area contributed by atoms with Crippen molar-refractivity contribution in [3.8, 4) is 5.88 Å². The summed E-state index contributed by atoms with van der Waals surface area (Å²) in [6.45, 7) is 8.45. The van der Waals surface area contributed by atoms with Gasteiger partial charge in [0, 0.05) is 19.5 Å². The van der Waals surface area contributed by atoms with Crippen molar-refractivity contribution in [2.24, 2.45) is 0 Å². The van der Waals surface area contributed by atoms with Gasteiger partial charge in [-0.2, -0.15) is 4.98 Å². The zero-order valence-electron chi connectivity index (χ0n) is 12.1. The van der Waals surface area contributed by atoms with E-state index in [2.05, 4.69) is 27.1 Å². The van der Waals surface area contributed by atoms with E-state index in [1.165, 1.54) is 0 Å². The summed E-state index contributed by atoms with van der Waals surface area (Å²) in [5.41, 5.74) is 0.979. The Kier molecular flexibility index (Phi) is 5.85. The molecule has 0 radical (unpaired) electrons. The summed E-state index contributed by atoms with van der Waals surface area (Å²) in [5, 5.41) is 3.25. The molecular weight excluding hydrogens is 228 g/mol. The second kappa shape index (κ2) is 7.16. The molecule has 0 aliphatic heterocycles. The lowest BCUT2D eigenvalue weighted by atomic mass is 10.3. The molecule has 0 saturated carbocycles. The first kappa shape index (κ1) is 14.7. The van der Waals surface area contributed by atoms with Gasteiger partial charge in [0.15, 0.2) is 0 Å². The van der Waals surface area contributed by atoms with E-state index in [-0.39, 0.29) is 0 Å². The van der Waals surface area contributed by atoms with Crippen LogP contribution in [0.5, 0.6) is 5.88 Å². The van der Waals surface area contributed by atoms with E-state index < -0.39 is 0 Å². The number of likely N-dealkylation sites (N-methyl/N-ethyl adjacent to an activating group) is 1. The third kappa shape index (κ3) is 4.14. The lowest BCUT2D eigenvalue weighted by molar-refractivity contribution is 0.251. The molecule has 0 bridgehead atoms. The number of aromatic nitrogens is 2. The zero-order chi connectivity index (χ0) is 13.5. The summed E-state index contributed by atoms with van der Waals surface area (Å²) in [5.74, 6) is 2.39. The average Bonchev–Trinajstić information content (AvgIpc) is 2.33. The second-order valence-corrected chi connectivity index (χ2v) is 4.45. The molecule has 1 rings (SSSR count). The van der Waals surface area contributed by atoms with Crippen molar-refractivity contribution in [2.45, 2.75) is 27.2 Å². The summed E-state index contributed by atoms with van der Waals surface area (Å²) in [4.78, 5) is 11.0. The molecule has 0 aliphatic rings. The smallest absolute Gasteiger partial charge is 0.221 e. The molecule has 0 aromatic carbocycles. The highest BCUT2D eigenvalue weighted by molar-refractivity contribution is 5.48. The average molecular weight is 252 g/mol. The van der Waals surface area contributed by atoms with Crippen molar-refractivity contribution in [3.05, 3.63) is 11.4 Å². The standard InChI is InChI=1S/C13H24N4O/c1-6-11-15-12(14-7-2)10(3)13(16-11)18-9-8-17(4)5/h6-9H2,1-5H3,(H,14,15,16). The van der Waals surface area contributed by atoms with E-state index in [0.717, 1.165) is 36.7 Å². The summed E-state index contributed by atoms with van der Waals surface area (Å²) in [6.07, 6.45) is 0.808. The zero-order valence-corrected chi connectivity index (χ0v) is 12.1. The second-order valence-electron chi connectivity index (χ2n) is 4.45. The fraction of sp³-hybridized carbons (Fsp3) is 0.692. The van der Waals surface area contributed by atoms with Crippen LogP contribution in [0.4, 0.5) is 5.82 Å². The Balaban J connectivity index is 2.84. The highest BCUT2D eigenvalue weighted by Gasteiger charge is 2.10. The van der Waals surface area contributed by atoms with Crippen LogP contribution in [0.3, 0.4) is 0 Å². The number of nitrogens with zero attached hydrogens (tertiary/aromatic N) is 3. The van der Waals surface area contributed by atoms with Crippen molar-refractivity contribution in [2.75, 3.05) is 39.1 Å². The molecule has 0 atom stereocenters. The molecule has 1 N–H and O–H groups in total. The molecule has 1 aromatic heterocycles. The number of hydrogen-bond donors (Lipinski definition) is 1. The predicted molar refractivity (Wildman–Crippen MR) is 74.4 cm³/mol. The Bertz CT molecular complexity index is 379. The monoisotopic (exact) mass is 252 g/mol. The maximum atomic E-state index is 5.74. The van der Waals surface area contributed by atoms with Crippen LogP contribution in [0.25, 0.3) is 0 Å². The Morgan fingerprint density at radius 2 is 1.94 bits per heavy atom. The number of aryl methyl sites for hydroxylation is 1. The van der Waals surface area contributed by atoms with Crippen molar-refractivity contribution in [1.82, 2.24) is 14.9 Å². The number of nitrogens with one attached hydrogen (secondary N) is 1. The molecule has 5 heteroatoms. The van der Waals surface area contributed by atoms with Gasteiger partial charge in [0.1, 0.15) is 18.2 Å². The normalized spacial score (nSPS) is 10.8. The largest absolute Gasteiger partial charge is 0.476 e. The quantitative estimate of drug-likeness (QED) is 0.800. The molecule has 0 unspecified atom stereocenters. The van der Waals surface area contributed by atoms with Crippen molar-refractivity contribution in [1.29, 1.82) is 0 Å². The van der Waals surface area contributed by atoms with Crippen LogP contribution in [-0.4, -0.2) is 48.7 Å². The maximum Gasteiger partial charge on any atom is 0.221 e. The molecule has 0 fully saturated rings. The van der Waals surface area contributed by atoms with Gasteiger partial charge < -0.3 is 15.0 Å². The summed E-state index contributed by atoms with van der Waals surface area (Å²) in [6, 6.07) is 0. The van der Waals surface area contributed by atoms with Crippen molar-refractivity contribution >= 4 is 5.82 Å². The van der Waals surface area contributed by atoms with Crippen LogP contribution in [-0.2, 0) is 6.42 Å². The molecule has 1 aromatic rings. The number of rotatable bonds is 7. The third-order valence-electron chi connectivity index (χ3n) is 2.59. The van der Waals surface area contributed by atoms with E-state index in [1.807, 2.05) is 27.9 Å². The van der Waals surface area contributed by atoms with Crippen LogP contribution < -0.4 is 10.1 Å². The third-order valence-corrected chi connectivity index (χ3v) is 2.59. The van der Waals surface area contributed by atoms with Crippen LogP contribution in [0, 0.1) is 6.92 Å². The molecular formula is C13H24N4O. The van der Waals surface area contributed by atoms with E-state index in [9.17, 15) is 0 Å². The van der Waals surface area contributed by atoms with E-state index in [4.69, 9.17) is 4.74 Å². The Morgan fingerprint density at radius 3 is 2.50 bits per heavy atom. The first-order valence-electron chi connectivity index (χ1n) is 6.47. The summed E-state index contributed by atoms with van der Waals surface area (Å²) < 4.78 is 5.74. The highest BCUT2D eigenvalue weighted by atomic mass is 16.5. The minimum atomic E-state index is 0.638. The fourth-order valence-electron chi connectivity index (χ4n) is 1.50. The molecule has 0 amide bonds. The van der Waals surface area contributed by atoms with Crippen molar-refractivity contribution < 1.29 is 4.74 Å². The van der Waals surface area contributed by atoms with Crippen LogP contribution in [0.1, 0.15) is 25.2 Å². The Labute approximate surface area is 110 Å². The topological polar surface area (TPSA) is 50.3 Å². The lowest BCUT2D eigenvalue weighted by Crippen LogP contribution is -2.20. The first-order valence-corrected chi connectivity index (χ1v) is 6.47. The molecule has 102 valence electrons. The van der Waals surface area contributed by atoms with Gasteiger partial charge in [-0.3, -0.25) is 0 Å². The van der Waals surface area contributed by atoms with Gasteiger partial charge >= 0.3 is 0 Å². The van der Waals surface area contributed by atoms with Gasteiger partial charge in [-0.25, -0.2) is 4.98 Å². The SMILES string of the molecule is CCNc1nc(CC)nc(OCCN(C)C)c1C. The van der Waals surface area contributed by atoms with Crippen LogP contribution in [0.15, 0.2) is 0 Å². The van der Waals surface area contributed by atoms with E-state index in [0.29, 0.717) is 12.5 Å². The van der Waals surface area contributed by atoms with E-state index >= 15 is 0 Å². The Hall–Kier alpha value is -1.36. The number of ether oxygens (including phenoxy) is 1. The fourth-order valence-corrected chi connectivity index (χ4v) is 1.50. The molecule has 0 aliphatic carbocycles. The van der Waals surface area contributed by atoms with Gasteiger partial charge in [0.2, 0.25) is 5.88 Å². The van der Waals surface area contributed by atoms with Gasteiger partial charge in [-0.1, -0.05) is 6.92 Å². The first-order chi connectivity index (χ1) is 8.58. The van der Waals surface area contributed by atoms with Crippen molar-refractivity contribution in [3.63, 3.8) is 0 Å². The van der Waals surface area contributed by atoms with Gasteiger partial charge in [-0.15, -0.1) is 0 Å². The molecule has 0 saturated heterocycles. The number of anilines is 1. The van der Waals surface area contributed by atoms with Gasteiger partial charge in [-0.05, 0) is 27.9 Å². The predicted octanol–water partition coefficient (Wildman–Crippen LogP) is 1.72. The summed E-state index contributed by atoms with van der Waals surface area (Å²) >= 11 is 0. The Morgan fingerprint density at radius 1 is 1.22 bits per heavy atom. The number of hydrogen-bond acceptors (Lipinski definition) is 5. The molecule has 1 heterocycles. The lowest BCUT2D eigenvalue weighted by Gasteiger charge is -2.15. The molecule has 0 spiro atoms. The molecule has 5 nitrogen and oxygen atoms in total. The maximum absolute atomic E-state index is 5.74. The van der Waals surface area contributed by atoms with Gasteiger partial charge in [0.25, 0.3) is 0 Å². The van der Waals surface area contributed by atoms with E-state index in [1.54, 1.807) is 0 Å². The minimum absolute atomic E-state index is 0.638. The van der Waals surface area contributed by atoms with Crippen LogP contribution in [0.2, 0.25) is 0 Å². The van der Waals surface area contributed by atoms with Gasteiger partial charge in [0.05, 0.1) is 5.56 Å². The highest BCUT2D eigenvalue weighted by Crippen LogP contribution is 2.22. The summed E-state index contributed by atoms with van der Waals surface area (Å²) in [7, 11) is 4.05. The minimum Gasteiger partial charge on any atom is -0.476 e. The van der Waals surface area contributed by atoms with Crippen LogP contribution >= 0.6 is 0 Å². The molecule has 18 heavy (non-hydrogen) atoms.